The number of imidazole rings is 1. The zero-order valence-corrected chi connectivity index (χ0v) is 19.9. The molecule has 2 aromatic heterocycles. The first-order chi connectivity index (χ1) is 16.5. The molecule has 8 nitrogen and oxygen atoms in total. The van der Waals surface area contributed by atoms with Gasteiger partial charge >= 0.3 is 5.69 Å². The molecular formula is C24H24ClN5O3S. The minimum absolute atomic E-state index is 0.0158. The number of carbonyl (C=O) groups is 1. The lowest BCUT2D eigenvalue weighted by molar-refractivity contribution is -0.121. The number of nitrogens with one attached hydrogen (secondary N) is 3. The highest BCUT2D eigenvalue weighted by Crippen LogP contribution is 2.30. The molecule has 0 saturated heterocycles. The highest BCUT2D eigenvalue weighted by molar-refractivity contribution is 7.99. The molecule has 2 heterocycles. The van der Waals surface area contributed by atoms with E-state index >= 15 is 0 Å². The summed E-state index contributed by atoms with van der Waals surface area (Å²) in [5, 5.41) is 4.78. The van der Waals surface area contributed by atoms with Crippen LogP contribution in [-0.2, 0) is 4.79 Å². The number of amides is 1. The van der Waals surface area contributed by atoms with Crippen molar-refractivity contribution in [3.63, 3.8) is 0 Å². The van der Waals surface area contributed by atoms with Crippen LogP contribution in [0.15, 0.2) is 57.2 Å². The zero-order chi connectivity index (χ0) is 23.7. The normalized spacial score (nSPS) is 18.4. The van der Waals surface area contributed by atoms with E-state index in [0.717, 1.165) is 36.7 Å². The predicted molar refractivity (Wildman–Crippen MR) is 135 cm³/mol. The van der Waals surface area contributed by atoms with Gasteiger partial charge in [0, 0.05) is 29.3 Å². The fraction of sp³-hybridized carbons (Fsp3) is 0.333. The number of thioether (sulfide) groups is 1. The summed E-state index contributed by atoms with van der Waals surface area (Å²) in [6, 6.07) is 12.8. The SMILES string of the molecule is O=C(CCSc1nc2ccccc2c(=O)[nH]1)NC1CCC(n2c(=O)[nH]c3cc(Cl)ccc32)CC1. The molecule has 0 radical (unpaired) electrons. The molecule has 34 heavy (non-hydrogen) atoms. The molecule has 1 amide bonds. The van der Waals surface area contributed by atoms with E-state index < -0.39 is 0 Å². The number of nitrogens with zero attached hydrogens (tertiary/aromatic N) is 2. The summed E-state index contributed by atoms with van der Waals surface area (Å²) in [6.45, 7) is 0. The topological polar surface area (TPSA) is 113 Å². The highest BCUT2D eigenvalue weighted by atomic mass is 35.5. The Morgan fingerprint density at radius 3 is 2.74 bits per heavy atom. The zero-order valence-electron chi connectivity index (χ0n) is 18.3. The van der Waals surface area contributed by atoms with Gasteiger partial charge in [0.25, 0.3) is 5.56 Å². The lowest BCUT2D eigenvalue weighted by Gasteiger charge is -2.29. The van der Waals surface area contributed by atoms with Crippen molar-refractivity contribution in [2.24, 2.45) is 0 Å². The van der Waals surface area contributed by atoms with Crippen LogP contribution in [-0.4, -0.2) is 37.2 Å². The smallest absolute Gasteiger partial charge is 0.326 e. The first-order valence-corrected chi connectivity index (χ1v) is 12.7. The molecule has 0 bridgehead atoms. The largest absolute Gasteiger partial charge is 0.353 e. The van der Waals surface area contributed by atoms with Crippen LogP contribution in [0, 0.1) is 0 Å². The van der Waals surface area contributed by atoms with Crippen molar-refractivity contribution < 1.29 is 4.79 Å². The van der Waals surface area contributed by atoms with Crippen LogP contribution in [0.5, 0.6) is 0 Å². The molecule has 1 aliphatic rings. The van der Waals surface area contributed by atoms with Crippen molar-refractivity contribution in [3.05, 3.63) is 68.3 Å². The van der Waals surface area contributed by atoms with Gasteiger partial charge in [-0.3, -0.25) is 14.2 Å². The van der Waals surface area contributed by atoms with Crippen molar-refractivity contribution in [2.45, 2.75) is 49.3 Å². The Labute approximate surface area is 204 Å². The number of hydrogen-bond acceptors (Lipinski definition) is 5. The summed E-state index contributed by atoms with van der Waals surface area (Å²) in [7, 11) is 0. The number of benzene rings is 2. The van der Waals surface area contributed by atoms with E-state index in [1.54, 1.807) is 30.3 Å². The summed E-state index contributed by atoms with van der Waals surface area (Å²) in [4.78, 5) is 47.2. The van der Waals surface area contributed by atoms with Crippen LogP contribution in [0.3, 0.4) is 0 Å². The van der Waals surface area contributed by atoms with Crippen LogP contribution in [0.4, 0.5) is 0 Å². The third kappa shape index (κ3) is 4.76. The molecule has 0 unspecified atom stereocenters. The van der Waals surface area contributed by atoms with E-state index in [-0.39, 0.29) is 29.2 Å². The van der Waals surface area contributed by atoms with E-state index in [9.17, 15) is 14.4 Å². The molecule has 2 aromatic carbocycles. The number of H-pyrrole nitrogens is 2. The average Bonchev–Trinajstić information content (AvgIpc) is 3.14. The summed E-state index contributed by atoms with van der Waals surface area (Å²) in [5.41, 5.74) is 1.95. The molecule has 1 fully saturated rings. The van der Waals surface area contributed by atoms with Gasteiger partial charge in [0.15, 0.2) is 5.16 Å². The van der Waals surface area contributed by atoms with Gasteiger partial charge in [0.05, 0.1) is 21.9 Å². The van der Waals surface area contributed by atoms with Gasteiger partial charge in [-0.2, -0.15) is 0 Å². The van der Waals surface area contributed by atoms with Crippen LogP contribution in [0.2, 0.25) is 5.02 Å². The second-order valence-electron chi connectivity index (χ2n) is 8.52. The van der Waals surface area contributed by atoms with Gasteiger partial charge in [-0.25, -0.2) is 9.78 Å². The summed E-state index contributed by atoms with van der Waals surface area (Å²) in [6.07, 6.45) is 3.60. The fourth-order valence-electron chi connectivity index (χ4n) is 4.62. The van der Waals surface area contributed by atoms with Crippen molar-refractivity contribution in [3.8, 4) is 0 Å². The van der Waals surface area contributed by atoms with E-state index in [2.05, 4.69) is 20.3 Å². The third-order valence-electron chi connectivity index (χ3n) is 6.26. The number of halogens is 1. The lowest BCUT2D eigenvalue weighted by atomic mass is 9.91. The van der Waals surface area contributed by atoms with Gasteiger partial charge in [-0.15, -0.1) is 0 Å². The number of hydrogen-bond donors (Lipinski definition) is 3. The lowest BCUT2D eigenvalue weighted by Crippen LogP contribution is -2.39. The maximum Gasteiger partial charge on any atom is 0.326 e. The molecule has 5 rings (SSSR count). The quantitative estimate of drug-likeness (QED) is 0.275. The van der Waals surface area contributed by atoms with Crippen LogP contribution < -0.4 is 16.6 Å². The van der Waals surface area contributed by atoms with Gasteiger partial charge in [0.2, 0.25) is 5.91 Å². The van der Waals surface area contributed by atoms with Gasteiger partial charge in [-0.1, -0.05) is 35.5 Å². The Hall–Kier alpha value is -3.04. The maximum absolute atomic E-state index is 12.5. The van der Waals surface area contributed by atoms with Gasteiger partial charge in [0.1, 0.15) is 0 Å². The average molecular weight is 498 g/mol. The number of aromatic nitrogens is 4. The van der Waals surface area contributed by atoms with Crippen molar-refractivity contribution >= 4 is 51.2 Å². The van der Waals surface area contributed by atoms with E-state index in [1.807, 2.05) is 16.7 Å². The Balaban J connectivity index is 1.12. The molecular weight excluding hydrogens is 474 g/mol. The Bertz CT molecular complexity index is 1470. The second kappa shape index (κ2) is 9.68. The first kappa shape index (κ1) is 22.7. The van der Waals surface area contributed by atoms with Crippen LogP contribution in [0.25, 0.3) is 21.9 Å². The third-order valence-corrected chi connectivity index (χ3v) is 7.37. The molecule has 176 valence electrons. The minimum Gasteiger partial charge on any atom is -0.353 e. The van der Waals surface area contributed by atoms with E-state index in [0.29, 0.717) is 33.3 Å². The first-order valence-electron chi connectivity index (χ1n) is 11.3. The van der Waals surface area contributed by atoms with Gasteiger partial charge in [-0.05, 0) is 56.0 Å². The minimum atomic E-state index is -0.174. The second-order valence-corrected chi connectivity index (χ2v) is 10.0. The number of rotatable bonds is 6. The number of aromatic amines is 2. The number of carbonyl (C=O) groups excluding carboxylic acids is 1. The highest BCUT2D eigenvalue weighted by Gasteiger charge is 2.25. The molecule has 0 spiro atoms. The van der Waals surface area contributed by atoms with Crippen LogP contribution >= 0.6 is 23.4 Å². The van der Waals surface area contributed by atoms with E-state index in [4.69, 9.17) is 11.6 Å². The monoisotopic (exact) mass is 497 g/mol. The Morgan fingerprint density at radius 1 is 1.12 bits per heavy atom. The molecule has 10 heteroatoms. The standard InChI is InChI=1S/C24H24ClN5O3S/c25-14-5-10-20-19(13-14)28-24(33)30(20)16-8-6-15(7-9-16)26-21(31)11-12-34-23-27-18-4-2-1-3-17(18)22(32)29-23/h1-5,10,13,15-16H,6-9,11-12H2,(H,26,31)(H,28,33)(H,27,29,32). The summed E-state index contributed by atoms with van der Waals surface area (Å²) in [5.74, 6) is 0.508. The predicted octanol–water partition coefficient (Wildman–Crippen LogP) is 4.00. The summed E-state index contributed by atoms with van der Waals surface area (Å²) >= 11 is 7.41. The molecule has 4 aromatic rings. The maximum atomic E-state index is 12.5. The van der Waals surface area contributed by atoms with Crippen molar-refractivity contribution in [1.82, 2.24) is 24.8 Å². The van der Waals surface area contributed by atoms with E-state index in [1.165, 1.54) is 11.8 Å². The van der Waals surface area contributed by atoms with Crippen LogP contribution in [0.1, 0.15) is 38.1 Å². The Kier molecular flexibility index (Phi) is 6.47. The Morgan fingerprint density at radius 2 is 1.91 bits per heavy atom. The number of fused-ring (bicyclic) bond motifs is 2. The number of para-hydroxylation sites is 1. The van der Waals surface area contributed by atoms with Crippen molar-refractivity contribution in [1.29, 1.82) is 0 Å². The summed E-state index contributed by atoms with van der Waals surface area (Å²) < 4.78 is 1.82. The van der Waals surface area contributed by atoms with Crippen molar-refractivity contribution in [2.75, 3.05) is 5.75 Å². The molecule has 1 aliphatic carbocycles. The fourth-order valence-corrected chi connectivity index (χ4v) is 5.60. The molecule has 3 N–H and O–H groups in total. The molecule has 1 saturated carbocycles. The molecule has 0 atom stereocenters. The molecule has 0 aliphatic heterocycles. The van der Waals surface area contributed by atoms with Gasteiger partial charge < -0.3 is 15.3 Å².